The predicted molar refractivity (Wildman–Crippen MR) is 100 cm³/mol. The highest BCUT2D eigenvalue weighted by Crippen LogP contribution is 2.37. The number of allylic oxidation sites excluding steroid dienone is 1. The molecule has 1 fully saturated rings. The van der Waals surface area contributed by atoms with Crippen LogP contribution in [0.2, 0.25) is 0 Å². The largest absolute Gasteiger partial charge is 0.349 e. The highest BCUT2D eigenvalue weighted by atomic mass is 19.1. The van der Waals surface area contributed by atoms with E-state index in [1.807, 2.05) is 29.5 Å². The lowest BCUT2D eigenvalue weighted by Gasteiger charge is -2.26. The van der Waals surface area contributed by atoms with Crippen molar-refractivity contribution in [2.45, 2.75) is 18.9 Å². The lowest BCUT2D eigenvalue weighted by Crippen LogP contribution is -2.24. The van der Waals surface area contributed by atoms with Crippen molar-refractivity contribution >= 4 is 23.3 Å². The Morgan fingerprint density at radius 2 is 2.07 bits per heavy atom. The lowest BCUT2D eigenvalue weighted by molar-refractivity contribution is 0.560. The van der Waals surface area contributed by atoms with Crippen LogP contribution in [0, 0.1) is 11.6 Å². The number of anilines is 1. The van der Waals surface area contributed by atoms with Crippen LogP contribution < -0.4 is 4.90 Å². The van der Waals surface area contributed by atoms with Crippen molar-refractivity contribution in [3.63, 3.8) is 0 Å². The van der Waals surface area contributed by atoms with Crippen LogP contribution in [0.3, 0.4) is 0 Å². The number of hydrogen-bond acceptors (Lipinski definition) is 4. The van der Waals surface area contributed by atoms with Gasteiger partial charge in [0.15, 0.2) is 5.65 Å². The van der Waals surface area contributed by atoms with Gasteiger partial charge in [-0.3, -0.25) is 4.99 Å². The van der Waals surface area contributed by atoms with Crippen molar-refractivity contribution in [2.24, 2.45) is 4.99 Å². The standard InChI is InChI=1S/C20H17F2N5/c21-14-3-4-17(22)15(10-14)18-2-1-8-26(18)19-6-9-27-20(25-19)16(12-24-27)13-5-7-23-11-13/h3-6,9-12,18H,1-2,7-8H2. The van der Waals surface area contributed by atoms with Gasteiger partial charge in [-0.2, -0.15) is 5.10 Å². The molecule has 2 aromatic heterocycles. The fraction of sp³-hybridized carbons (Fsp3) is 0.250. The van der Waals surface area contributed by atoms with E-state index in [9.17, 15) is 8.78 Å². The van der Waals surface area contributed by atoms with Crippen LogP contribution in [0.15, 0.2) is 47.7 Å². The summed E-state index contributed by atoms with van der Waals surface area (Å²) in [6, 6.07) is 5.28. The van der Waals surface area contributed by atoms with Crippen molar-refractivity contribution in [3.8, 4) is 0 Å². The Balaban J connectivity index is 1.57. The Hall–Kier alpha value is -3.09. The molecule has 5 nitrogen and oxygen atoms in total. The van der Waals surface area contributed by atoms with E-state index in [4.69, 9.17) is 4.98 Å². The molecule has 0 aliphatic carbocycles. The molecule has 0 bridgehead atoms. The third-order valence-corrected chi connectivity index (χ3v) is 5.18. The summed E-state index contributed by atoms with van der Waals surface area (Å²) >= 11 is 0. The minimum atomic E-state index is -0.424. The normalized spacial score (nSPS) is 19.3. The molecular formula is C20H17F2N5. The third-order valence-electron chi connectivity index (χ3n) is 5.18. The lowest BCUT2D eigenvalue weighted by atomic mass is 10.0. The summed E-state index contributed by atoms with van der Waals surface area (Å²) in [5.41, 5.74) is 3.04. The molecule has 0 radical (unpaired) electrons. The minimum absolute atomic E-state index is 0.228. The molecule has 2 aliphatic heterocycles. The summed E-state index contributed by atoms with van der Waals surface area (Å²) in [4.78, 5) is 11.1. The number of aromatic nitrogens is 3. The zero-order valence-electron chi connectivity index (χ0n) is 14.5. The average Bonchev–Trinajstić information content (AvgIpc) is 3.42. The van der Waals surface area contributed by atoms with Crippen molar-refractivity contribution in [1.29, 1.82) is 0 Å². The second kappa shape index (κ2) is 6.26. The Bertz CT molecular complexity index is 1090. The van der Waals surface area contributed by atoms with Gasteiger partial charge in [0.25, 0.3) is 0 Å². The predicted octanol–water partition coefficient (Wildman–Crippen LogP) is 3.82. The Morgan fingerprint density at radius 1 is 1.15 bits per heavy atom. The third kappa shape index (κ3) is 2.70. The molecule has 1 aromatic carbocycles. The maximum atomic E-state index is 14.3. The molecule has 5 rings (SSSR count). The smallest absolute Gasteiger partial charge is 0.165 e. The second-order valence-electron chi connectivity index (χ2n) is 6.78. The van der Waals surface area contributed by atoms with Crippen molar-refractivity contribution in [2.75, 3.05) is 18.0 Å². The van der Waals surface area contributed by atoms with Crippen LogP contribution in [-0.2, 0) is 0 Å². The van der Waals surface area contributed by atoms with Crippen LogP contribution in [-0.4, -0.2) is 33.9 Å². The summed E-state index contributed by atoms with van der Waals surface area (Å²) in [6.45, 7) is 1.41. The van der Waals surface area contributed by atoms with E-state index in [0.29, 0.717) is 12.1 Å². The van der Waals surface area contributed by atoms with E-state index in [-0.39, 0.29) is 11.9 Å². The number of rotatable bonds is 3. The molecule has 0 saturated carbocycles. The Morgan fingerprint density at radius 3 is 2.93 bits per heavy atom. The first-order valence-corrected chi connectivity index (χ1v) is 8.97. The molecule has 0 N–H and O–H groups in total. The molecular weight excluding hydrogens is 348 g/mol. The van der Waals surface area contributed by atoms with Gasteiger partial charge in [0.2, 0.25) is 0 Å². The molecule has 1 unspecified atom stereocenters. The monoisotopic (exact) mass is 365 g/mol. The van der Waals surface area contributed by atoms with Gasteiger partial charge in [-0.05, 0) is 37.1 Å². The second-order valence-corrected chi connectivity index (χ2v) is 6.78. The fourth-order valence-electron chi connectivity index (χ4n) is 3.89. The number of aliphatic imine (C=N–C) groups is 1. The van der Waals surface area contributed by atoms with Gasteiger partial charge in [-0.25, -0.2) is 18.3 Å². The summed E-state index contributed by atoms with van der Waals surface area (Å²) < 4.78 is 29.7. The van der Waals surface area contributed by atoms with E-state index in [0.717, 1.165) is 48.1 Å². The topological polar surface area (TPSA) is 45.8 Å². The summed E-state index contributed by atoms with van der Waals surface area (Å²) in [6.07, 6.45) is 9.15. The highest BCUT2D eigenvalue weighted by molar-refractivity contribution is 6.13. The maximum Gasteiger partial charge on any atom is 0.165 e. The van der Waals surface area contributed by atoms with E-state index in [1.165, 1.54) is 12.1 Å². The van der Waals surface area contributed by atoms with Gasteiger partial charge in [0, 0.05) is 35.7 Å². The molecule has 1 saturated heterocycles. The van der Waals surface area contributed by atoms with Gasteiger partial charge in [-0.15, -0.1) is 0 Å². The SMILES string of the molecule is Fc1ccc(F)c(C2CCCN2c2ccn3ncc(C4=CCN=C4)c3n2)c1. The van der Waals surface area contributed by atoms with Crippen molar-refractivity contribution in [1.82, 2.24) is 14.6 Å². The minimum Gasteiger partial charge on any atom is -0.349 e. The first-order valence-electron chi connectivity index (χ1n) is 8.97. The zero-order chi connectivity index (χ0) is 18.4. The number of benzene rings is 1. The number of fused-ring (bicyclic) bond motifs is 1. The van der Waals surface area contributed by atoms with E-state index in [2.05, 4.69) is 10.1 Å². The highest BCUT2D eigenvalue weighted by Gasteiger charge is 2.30. The van der Waals surface area contributed by atoms with Gasteiger partial charge >= 0.3 is 0 Å². The van der Waals surface area contributed by atoms with Crippen molar-refractivity contribution in [3.05, 3.63) is 65.5 Å². The molecule has 1 atom stereocenters. The van der Waals surface area contributed by atoms with Crippen LogP contribution in [0.4, 0.5) is 14.6 Å². The van der Waals surface area contributed by atoms with E-state index in [1.54, 1.807) is 10.7 Å². The fourth-order valence-corrected chi connectivity index (χ4v) is 3.89. The Kier molecular flexibility index (Phi) is 3.74. The zero-order valence-corrected chi connectivity index (χ0v) is 14.5. The number of nitrogens with zero attached hydrogens (tertiary/aromatic N) is 5. The van der Waals surface area contributed by atoms with Crippen molar-refractivity contribution < 1.29 is 8.78 Å². The van der Waals surface area contributed by atoms with Gasteiger partial charge < -0.3 is 4.90 Å². The maximum absolute atomic E-state index is 14.3. The van der Waals surface area contributed by atoms with Crippen LogP contribution >= 0.6 is 0 Å². The first kappa shape index (κ1) is 16.1. The quantitative estimate of drug-likeness (QED) is 0.709. The summed E-state index contributed by atoms with van der Waals surface area (Å²) in [5.74, 6) is -0.0649. The number of halogens is 2. The molecule has 27 heavy (non-hydrogen) atoms. The van der Waals surface area contributed by atoms with E-state index >= 15 is 0 Å². The molecule has 136 valence electrons. The molecule has 3 aromatic rings. The molecule has 0 spiro atoms. The van der Waals surface area contributed by atoms with Gasteiger partial charge in [0.1, 0.15) is 17.5 Å². The molecule has 2 aliphatic rings. The summed E-state index contributed by atoms with van der Waals surface area (Å²) in [7, 11) is 0. The average molecular weight is 365 g/mol. The first-order chi connectivity index (χ1) is 13.2. The Labute approximate surface area is 154 Å². The van der Waals surface area contributed by atoms with E-state index < -0.39 is 5.82 Å². The number of hydrogen-bond donors (Lipinski definition) is 0. The summed E-state index contributed by atoms with van der Waals surface area (Å²) in [5, 5.41) is 4.36. The van der Waals surface area contributed by atoms with Crippen LogP contribution in [0.5, 0.6) is 0 Å². The molecule has 0 amide bonds. The molecule has 7 heteroatoms. The van der Waals surface area contributed by atoms with Crippen LogP contribution in [0.25, 0.3) is 11.2 Å². The molecule has 4 heterocycles. The van der Waals surface area contributed by atoms with Crippen LogP contribution in [0.1, 0.15) is 30.0 Å². The van der Waals surface area contributed by atoms with Gasteiger partial charge in [-0.1, -0.05) is 6.08 Å². The van der Waals surface area contributed by atoms with Gasteiger partial charge in [0.05, 0.1) is 18.8 Å².